The fourth-order valence-electron chi connectivity index (χ4n) is 3.95. The molecule has 1 aromatic carbocycles. The van der Waals surface area contributed by atoms with E-state index in [1.165, 1.54) is 17.8 Å². The van der Waals surface area contributed by atoms with Gasteiger partial charge in [-0.2, -0.15) is 4.98 Å². The summed E-state index contributed by atoms with van der Waals surface area (Å²) in [6.45, 7) is 1.26. The molecule has 6 nitrogen and oxygen atoms in total. The number of hydrogen-bond acceptors (Lipinski definition) is 5. The molecule has 1 aliphatic carbocycles. The highest BCUT2D eigenvalue weighted by Gasteiger charge is 2.24. The van der Waals surface area contributed by atoms with E-state index in [1.807, 2.05) is 0 Å². The molecular formula is C21H23F2N3O3S. The Balaban J connectivity index is 1.48. The summed E-state index contributed by atoms with van der Waals surface area (Å²) in [7, 11) is 0. The molecule has 1 aromatic heterocycles. The maximum atomic E-state index is 13.3. The minimum Gasteiger partial charge on any atom is -0.376 e. The Kier molecular flexibility index (Phi) is 6.48. The molecule has 2 aromatic rings. The molecule has 0 spiro atoms. The number of halogens is 2. The number of amides is 1. The summed E-state index contributed by atoms with van der Waals surface area (Å²) in [4.78, 5) is 29.2. The zero-order chi connectivity index (χ0) is 21.1. The highest BCUT2D eigenvalue weighted by molar-refractivity contribution is 8.00. The summed E-state index contributed by atoms with van der Waals surface area (Å²) in [5, 5.41) is 3.12. The molecule has 1 unspecified atom stereocenters. The fraction of sp³-hybridized carbons (Fsp3) is 0.476. The van der Waals surface area contributed by atoms with Crippen molar-refractivity contribution in [2.75, 3.05) is 17.7 Å². The van der Waals surface area contributed by atoms with Crippen molar-refractivity contribution in [3.05, 3.63) is 51.6 Å². The zero-order valence-electron chi connectivity index (χ0n) is 16.5. The molecule has 1 N–H and O–H groups in total. The molecule has 30 heavy (non-hydrogen) atoms. The van der Waals surface area contributed by atoms with Crippen molar-refractivity contribution in [2.24, 2.45) is 0 Å². The Labute approximate surface area is 177 Å². The highest BCUT2D eigenvalue weighted by Crippen LogP contribution is 2.29. The standard InChI is InChI=1S/C21H23F2N3O3S/c22-16-8-7-13(10-17(16)23)24-19(27)12-30-20-15-5-1-2-6-18(15)26(21(28)25-20)11-14-4-3-9-29-14/h7-8,10,14H,1-6,9,11-12H2,(H,24,27). The lowest BCUT2D eigenvalue weighted by atomic mass is 9.97. The summed E-state index contributed by atoms with van der Waals surface area (Å²) in [5.74, 6) is -2.35. The molecule has 1 aliphatic heterocycles. The van der Waals surface area contributed by atoms with Crippen LogP contribution in [0.2, 0.25) is 0 Å². The normalized spacial score (nSPS) is 18.3. The smallest absolute Gasteiger partial charge is 0.348 e. The summed E-state index contributed by atoms with van der Waals surface area (Å²) in [6.07, 6.45) is 5.67. The maximum absolute atomic E-state index is 13.3. The van der Waals surface area contributed by atoms with E-state index in [9.17, 15) is 18.4 Å². The molecule has 9 heteroatoms. The van der Waals surface area contributed by atoms with Gasteiger partial charge in [-0.25, -0.2) is 13.6 Å². The minimum absolute atomic E-state index is 0.0215. The van der Waals surface area contributed by atoms with E-state index in [4.69, 9.17) is 4.74 Å². The first kappa shape index (κ1) is 21.0. The maximum Gasteiger partial charge on any atom is 0.348 e. The number of nitrogens with one attached hydrogen (secondary N) is 1. The van der Waals surface area contributed by atoms with Gasteiger partial charge < -0.3 is 10.1 Å². The van der Waals surface area contributed by atoms with Gasteiger partial charge in [0.25, 0.3) is 0 Å². The molecular weight excluding hydrogens is 412 g/mol. The molecule has 1 saturated heterocycles. The van der Waals surface area contributed by atoms with Gasteiger partial charge in [-0.05, 0) is 50.7 Å². The van der Waals surface area contributed by atoms with E-state index in [0.717, 1.165) is 68.5 Å². The number of fused-ring (bicyclic) bond motifs is 1. The average Bonchev–Trinajstić information content (AvgIpc) is 3.25. The largest absolute Gasteiger partial charge is 0.376 e. The Hall–Kier alpha value is -2.26. The summed E-state index contributed by atoms with van der Waals surface area (Å²) < 4.78 is 33.8. The quantitative estimate of drug-likeness (QED) is 0.557. The molecule has 160 valence electrons. The average molecular weight is 435 g/mol. The Bertz CT molecular complexity index is 1010. The van der Waals surface area contributed by atoms with Crippen LogP contribution in [-0.4, -0.2) is 33.9 Å². The number of aromatic nitrogens is 2. The van der Waals surface area contributed by atoms with Crippen molar-refractivity contribution in [1.82, 2.24) is 9.55 Å². The lowest BCUT2D eigenvalue weighted by Crippen LogP contribution is -2.34. The van der Waals surface area contributed by atoms with E-state index in [2.05, 4.69) is 10.3 Å². The third kappa shape index (κ3) is 4.73. The predicted molar refractivity (Wildman–Crippen MR) is 110 cm³/mol. The zero-order valence-corrected chi connectivity index (χ0v) is 17.3. The first-order valence-corrected chi connectivity index (χ1v) is 11.1. The van der Waals surface area contributed by atoms with Crippen molar-refractivity contribution in [3.8, 4) is 0 Å². The van der Waals surface area contributed by atoms with Crippen molar-refractivity contribution < 1.29 is 18.3 Å². The van der Waals surface area contributed by atoms with E-state index in [-0.39, 0.29) is 29.1 Å². The van der Waals surface area contributed by atoms with Gasteiger partial charge in [-0.1, -0.05) is 11.8 Å². The molecule has 2 aliphatic rings. The molecule has 1 amide bonds. The van der Waals surface area contributed by atoms with Crippen LogP contribution in [-0.2, 0) is 28.9 Å². The van der Waals surface area contributed by atoms with Crippen LogP contribution in [0, 0.1) is 11.6 Å². The van der Waals surface area contributed by atoms with Crippen LogP contribution >= 0.6 is 11.8 Å². The van der Waals surface area contributed by atoms with Crippen LogP contribution in [0.3, 0.4) is 0 Å². The topological polar surface area (TPSA) is 73.2 Å². The first-order chi connectivity index (χ1) is 14.5. The molecule has 0 saturated carbocycles. The molecule has 4 rings (SSSR count). The summed E-state index contributed by atoms with van der Waals surface area (Å²) >= 11 is 1.20. The Morgan fingerprint density at radius 2 is 2.07 bits per heavy atom. The molecule has 1 atom stereocenters. The van der Waals surface area contributed by atoms with Gasteiger partial charge in [0.05, 0.1) is 18.4 Å². The lowest BCUT2D eigenvalue weighted by Gasteiger charge is -2.24. The van der Waals surface area contributed by atoms with Crippen molar-refractivity contribution in [2.45, 2.75) is 56.2 Å². The van der Waals surface area contributed by atoms with Gasteiger partial charge in [-0.3, -0.25) is 9.36 Å². The number of thioether (sulfide) groups is 1. The number of anilines is 1. The fourth-order valence-corrected chi connectivity index (χ4v) is 4.83. The van der Waals surface area contributed by atoms with Crippen molar-refractivity contribution >= 4 is 23.4 Å². The number of benzene rings is 1. The van der Waals surface area contributed by atoms with Gasteiger partial charge in [0, 0.05) is 29.6 Å². The highest BCUT2D eigenvalue weighted by atomic mass is 32.2. The van der Waals surface area contributed by atoms with Gasteiger partial charge in [0.2, 0.25) is 5.91 Å². The van der Waals surface area contributed by atoms with Crippen molar-refractivity contribution in [1.29, 1.82) is 0 Å². The second-order valence-electron chi connectivity index (χ2n) is 7.54. The Morgan fingerprint density at radius 3 is 2.83 bits per heavy atom. The number of hydrogen-bond donors (Lipinski definition) is 1. The van der Waals surface area contributed by atoms with Crippen LogP contribution in [0.1, 0.15) is 36.9 Å². The van der Waals surface area contributed by atoms with Crippen LogP contribution in [0.25, 0.3) is 0 Å². The first-order valence-electron chi connectivity index (χ1n) is 10.1. The molecule has 1 fully saturated rings. The van der Waals surface area contributed by atoms with E-state index >= 15 is 0 Å². The van der Waals surface area contributed by atoms with Crippen LogP contribution < -0.4 is 11.0 Å². The SMILES string of the molecule is O=C(CSc1nc(=O)n(CC2CCCO2)c2c1CCCC2)Nc1ccc(F)c(F)c1. The molecule has 0 bridgehead atoms. The van der Waals surface area contributed by atoms with Gasteiger partial charge in [0.1, 0.15) is 5.03 Å². The number of nitrogens with zero attached hydrogens (tertiary/aromatic N) is 2. The second kappa shape index (κ2) is 9.26. The van der Waals surface area contributed by atoms with E-state index in [1.54, 1.807) is 4.57 Å². The summed E-state index contributed by atoms with van der Waals surface area (Å²) in [6, 6.07) is 3.20. The molecule has 0 radical (unpaired) electrons. The third-order valence-electron chi connectivity index (χ3n) is 5.40. The number of rotatable bonds is 6. The van der Waals surface area contributed by atoms with Crippen LogP contribution in [0.15, 0.2) is 28.0 Å². The van der Waals surface area contributed by atoms with Crippen LogP contribution in [0.5, 0.6) is 0 Å². The predicted octanol–water partition coefficient (Wildman–Crippen LogP) is 3.31. The molecule has 2 heterocycles. The number of carbonyl (C=O) groups is 1. The monoisotopic (exact) mass is 435 g/mol. The van der Waals surface area contributed by atoms with Gasteiger partial charge in [0.15, 0.2) is 11.6 Å². The lowest BCUT2D eigenvalue weighted by molar-refractivity contribution is -0.113. The van der Waals surface area contributed by atoms with Gasteiger partial charge in [-0.15, -0.1) is 0 Å². The van der Waals surface area contributed by atoms with E-state index < -0.39 is 11.6 Å². The second-order valence-corrected chi connectivity index (χ2v) is 8.51. The van der Waals surface area contributed by atoms with Crippen molar-refractivity contribution in [3.63, 3.8) is 0 Å². The number of ether oxygens (including phenoxy) is 1. The Morgan fingerprint density at radius 1 is 1.23 bits per heavy atom. The minimum atomic E-state index is -1.02. The third-order valence-corrected chi connectivity index (χ3v) is 6.42. The summed E-state index contributed by atoms with van der Waals surface area (Å²) in [5.41, 5.74) is 1.90. The van der Waals surface area contributed by atoms with Gasteiger partial charge >= 0.3 is 5.69 Å². The van der Waals surface area contributed by atoms with Crippen LogP contribution in [0.4, 0.5) is 14.5 Å². The van der Waals surface area contributed by atoms with E-state index in [0.29, 0.717) is 11.6 Å². The number of carbonyl (C=O) groups excluding carboxylic acids is 1.